The summed E-state index contributed by atoms with van der Waals surface area (Å²) in [5.74, 6) is 1.52. The van der Waals surface area contributed by atoms with Gasteiger partial charge in [0.1, 0.15) is 5.75 Å². The summed E-state index contributed by atoms with van der Waals surface area (Å²) in [5, 5.41) is 10.4. The number of nitrogens with zero attached hydrogens (tertiary/aromatic N) is 1. The van der Waals surface area contributed by atoms with Gasteiger partial charge in [-0.1, -0.05) is 25.4 Å². The van der Waals surface area contributed by atoms with E-state index in [1.54, 1.807) is 25.3 Å². The Bertz CT molecular complexity index is 639. The maximum atomic E-state index is 9.62. The zero-order chi connectivity index (χ0) is 15.6. The van der Waals surface area contributed by atoms with Gasteiger partial charge in [-0.25, -0.2) is 4.98 Å². The molecule has 0 saturated carbocycles. The molecule has 0 fully saturated rings. The van der Waals surface area contributed by atoms with E-state index >= 15 is 0 Å². The van der Waals surface area contributed by atoms with Gasteiger partial charge in [0.15, 0.2) is 0 Å². The van der Waals surface area contributed by atoms with Crippen LogP contribution in [0.1, 0.15) is 49.5 Å². The van der Waals surface area contributed by atoms with Gasteiger partial charge in [0.2, 0.25) is 5.88 Å². The normalized spacial score (nSPS) is 12.5. The second-order valence-corrected chi connectivity index (χ2v) is 5.91. The van der Waals surface area contributed by atoms with E-state index in [1.807, 2.05) is 19.1 Å². The standard InChI is InChI=1S/C17H20ClNO2/c1-10(2)14-9-16(11(3)7-15(14)18)21-17-8-13(12(4)20)5-6-19-17/h5-10,12,20H,1-4H3/t12-/m1/s1. The second-order valence-electron chi connectivity index (χ2n) is 5.50. The Labute approximate surface area is 130 Å². The highest BCUT2D eigenvalue weighted by Crippen LogP contribution is 2.33. The van der Waals surface area contributed by atoms with Crippen molar-refractivity contribution in [1.82, 2.24) is 4.98 Å². The van der Waals surface area contributed by atoms with Crippen molar-refractivity contribution in [3.8, 4) is 11.6 Å². The van der Waals surface area contributed by atoms with E-state index in [4.69, 9.17) is 16.3 Å². The number of rotatable bonds is 4. The molecular weight excluding hydrogens is 286 g/mol. The smallest absolute Gasteiger partial charge is 0.219 e. The summed E-state index contributed by atoms with van der Waals surface area (Å²) in [7, 11) is 0. The molecule has 0 aliphatic heterocycles. The van der Waals surface area contributed by atoms with E-state index in [2.05, 4.69) is 18.8 Å². The summed E-state index contributed by atoms with van der Waals surface area (Å²) >= 11 is 6.26. The van der Waals surface area contributed by atoms with E-state index in [-0.39, 0.29) is 0 Å². The highest BCUT2D eigenvalue weighted by atomic mass is 35.5. The van der Waals surface area contributed by atoms with Crippen molar-refractivity contribution in [1.29, 1.82) is 0 Å². The van der Waals surface area contributed by atoms with Crippen LogP contribution in [0.3, 0.4) is 0 Å². The molecule has 0 aliphatic carbocycles. The Morgan fingerprint density at radius 3 is 2.52 bits per heavy atom. The summed E-state index contributed by atoms with van der Waals surface area (Å²) in [6.07, 6.45) is 1.08. The molecule has 4 heteroatoms. The van der Waals surface area contributed by atoms with Gasteiger partial charge in [0.25, 0.3) is 0 Å². The minimum absolute atomic E-state index is 0.317. The van der Waals surface area contributed by atoms with Crippen LogP contribution in [0.5, 0.6) is 11.6 Å². The number of aliphatic hydroxyl groups is 1. The molecule has 1 N–H and O–H groups in total. The average molecular weight is 306 g/mol. The van der Waals surface area contributed by atoms with Gasteiger partial charge in [-0.05, 0) is 54.7 Å². The molecule has 0 bridgehead atoms. The third-order valence-corrected chi connectivity index (χ3v) is 3.70. The first kappa shape index (κ1) is 15.8. The lowest BCUT2D eigenvalue weighted by atomic mass is 10.0. The first-order valence-corrected chi connectivity index (χ1v) is 7.38. The minimum atomic E-state index is -0.548. The predicted molar refractivity (Wildman–Crippen MR) is 85.2 cm³/mol. The fraction of sp³-hybridized carbons (Fsp3) is 0.353. The molecule has 21 heavy (non-hydrogen) atoms. The predicted octanol–water partition coefficient (Wildman–Crippen LogP) is 5.01. The molecule has 2 rings (SSSR count). The number of aliphatic hydroxyl groups excluding tert-OH is 1. The third kappa shape index (κ3) is 3.74. The summed E-state index contributed by atoms with van der Waals surface area (Å²) in [6.45, 7) is 7.84. The Kier molecular flexibility index (Phi) is 4.86. The van der Waals surface area contributed by atoms with E-state index in [0.717, 1.165) is 27.5 Å². The fourth-order valence-corrected chi connectivity index (χ4v) is 2.51. The molecule has 0 amide bonds. The number of benzene rings is 1. The molecule has 3 nitrogen and oxygen atoms in total. The zero-order valence-corrected chi connectivity index (χ0v) is 13.5. The molecule has 0 unspecified atom stereocenters. The number of aryl methyl sites for hydroxylation is 1. The molecule has 0 aliphatic rings. The van der Waals surface area contributed by atoms with Gasteiger partial charge in [0.05, 0.1) is 6.10 Å². The van der Waals surface area contributed by atoms with Gasteiger partial charge in [0, 0.05) is 17.3 Å². The van der Waals surface area contributed by atoms with Gasteiger partial charge in [-0.15, -0.1) is 0 Å². The minimum Gasteiger partial charge on any atom is -0.439 e. The molecule has 0 radical (unpaired) electrons. The maximum absolute atomic E-state index is 9.62. The van der Waals surface area contributed by atoms with E-state index < -0.39 is 6.10 Å². The lowest BCUT2D eigenvalue weighted by Crippen LogP contribution is -1.97. The largest absolute Gasteiger partial charge is 0.439 e. The van der Waals surface area contributed by atoms with Crippen LogP contribution in [0.15, 0.2) is 30.5 Å². The van der Waals surface area contributed by atoms with Crippen LogP contribution in [0, 0.1) is 6.92 Å². The molecule has 0 spiro atoms. The van der Waals surface area contributed by atoms with Crippen LogP contribution in [0.25, 0.3) is 0 Å². The van der Waals surface area contributed by atoms with Crippen molar-refractivity contribution in [2.24, 2.45) is 0 Å². The number of pyridine rings is 1. The van der Waals surface area contributed by atoms with Crippen LogP contribution in [0.4, 0.5) is 0 Å². The summed E-state index contributed by atoms with van der Waals surface area (Å²) < 4.78 is 5.86. The molecule has 2 aromatic rings. The molecule has 1 aromatic carbocycles. The number of halogens is 1. The average Bonchev–Trinajstić information content (AvgIpc) is 2.41. The maximum Gasteiger partial charge on any atom is 0.219 e. The second kappa shape index (κ2) is 6.46. The molecule has 112 valence electrons. The van der Waals surface area contributed by atoms with Crippen LogP contribution in [0.2, 0.25) is 5.02 Å². The SMILES string of the molecule is Cc1cc(Cl)c(C(C)C)cc1Oc1cc([C@@H](C)O)ccn1. The highest BCUT2D eigenvalue weighted by Gasteiger charge is 2.12. The van der Waals surface area contributed by atoms with Crippen LogP contribution in [-0.2, 0) is 0 Å². The number of hydrogen-bond donors (Lipinski definition) is 1. The molecular formula is C17H20ClNO2. The van der Waals surface area contributed by atoms with Crippen molar-refractivity contribution in [2.75, 3.05) is 0 Å². The quantitative estimate of drug-likeness (QED) is 0.863. The lowest BCUT2D eigenvalue weighted by Gasteiger charge is -2.14. The van der Waals surface area contributed by atoms with Crippen molar-refractivity contribution in [3.05, 3.63) is 52.2 Å². The van der Waals surface area contributed by atoms with Crippen molar-refractivity contribution in [3.63, 3.8) is 0 Å². The highest BCUT2D eigenvalue weighted by molar-refractivity contribution is 6.31. The molecule has 1 heterocycles. The topological polar surface area (TPSA) is 42.4 Å². The summed E-state index contributed by atoms with van der Waals surface area (Å²) in [6, 6.07) is 7.38. The number of aromatic nitrogens is 1. The van der Waals surface area contributed by atoms with Crippen molar-refractivity contribution in [2.45, 2.75) is 39.7 Å². The number of ether oxygens (including phenoxy) is 1. The summed E-state index contributed by atoms with van der Waals surface area (Å²) in [4.78, 5) is 4.19. The summed E-state index contributed by atoms with van der Waals surface area (Å²) in [5.41, 5.74) is 2.77. The van der Waals surface area contributed by atoms with Gasteiger partial charge in [-0.3, -0.25) is 0 Å². The van der Waals surface area contributed by atoms with Gasteiger partial charge in [-0.2, -0.15) is 0 Å². The first-order valence-electron chi connectivity index (χ1n) is 7.00. The van der Waals surface area contributed by atoms with Crippen LogP contribution in [-0.4, -0.2) is 10.1 Å². The Hall–Kier alpha value is -1.58. The number of hydrogen-bond acceptors (Lipinski definition) is 3. The molecule has 1 atom stereocenters. The van der Waals surface area contributed by atoms with E-state index in [9.17, 15) is 5.11 Å². The van der Waals surface area contributed by atoms with Crippen molar-refractivity contribution >= 4 is 11.6 Å². The Morgan fingerprint density at radius 1 is 1.19 bits per heavy atom. The third-order valence-electron chi connectivity index (χ3n) is 3.37. The fourth-order valence-electron chi connectivity index (χ4n) is 2.07. The monoisotopic (exact) mass is 305 g/mol. The van der Waals surface area contributed by atoms with Crippen LogP contribution >= 0.6 is 11.6 Å². The first-order chi connectivity index (χ1) is 9.88. The van der Waals surface area contributed by atoms with Crippen molar-refractivity contribution < 1.29 is 9.84 Å². The molecule has 1 aromatic heterocycles. The van der Waals surface area contributed by atoms with Crippen LogP contribution < -0.4 is 4.74 Å². The molecule has 0 saturated heterocycles. The Balaban J connectivity index is 2.35. The van der Waals surface area contributed by atoms with Gasteiger partial charge >= 0.3 is 0 Å². The lowest BCUT2D eigenvalue weighted by molar-refractivity contribution is 0.198. The van der Waals surface area contributed by atoms with Gasteiger partial charge < -0.3 is 9.84 Å². The zero-order valence-electron chi connectivity index (χ0n) is 12.7. The van der Waals surface area contributed by atoms with E-state index in [1.165, 1.54) is 0 Å². The Morgan fingerprint density at radius 2 is 1.90 bits per heavy atom. The van der Waals surface area contributed by atoms with E-state index in [0.29, 0.717) is 11.8 Å².